The number of benzene rings is 1. The van der Waals surface area contributed by atoms with Gasteiger partial charge in [0.2, 0.25) is 0 Å². The Labute approximate surface area is 184 Å². The summed E-state index contributed by atoms with van der Waals surface area (Å²) in [6.07, 6.45) is 25.3. The lowest BCUT2D eigenvalue weighted by atomic mass is 9.75. The molecule has 0 aliphatic heterocycles. The summed E-state index contributed by atoms with van der Waals surface area (Å²) in [5, 5.41) is 0. The van der Waals surface area contributed by atoms with Gasteiger partial charge >= 0.3 is 0 Å². The predicted molar refractivity (Wildman–Crippen MR) is 133 cm³/mol. The highest BCUT2D eigenvalue weighted by molar-refractivity contribution is 5.85. The summed E-state index contributed by atoms with van der Waals surface area (Å²) < 4.78 is 0. The van der Waals surface area contributed by atoms with Gasteiger partial charge < -0.3 is 4.98 Å². The molecule has 1 unspecified atom stereocenters. The third kappa shape index (κ3) is 2.84. The molecule has 1 atom stereocenters. The van der Waals surface area contributed by atoms with Crippen molar-refractivity contribution < 1.29 is 0 Å². The molecule has 4 aliphatic carbocycles. The van der Waals surface area contributed by atoms with Crippen molar-refractivity contribution >= 4 is 29.9 Å². The Balaban J connectivity index is 1.55. The molecule has 0 saturated heterocycles. The van der Waals surface area contributed by atoms with Crippen LogP contribution in [0, 0.1) is 11.3 Å². The molecule has 0 radical (unpaired) electrons. The Bertz CT molecular complexity index is 1280. The van der Waals surface area contributed by atoms with Crippen LogP contribution in [0.4, 0.5) is 0 Å². The van der Waals surface area contributed by atoms with E-state index in [4.69, 9.17) is 0 Å². The average Bonchev–Trinajstić information content (AvgIpc) is 3.03. The highest BCUT2D eigenvalue weighted by atomic mass is 14.7. The zero-order chi connectivity index (χ0) is 21.0. The number of hydrogen-bond donors (Lipinski definition) is 1. The van der Waals surface area contributed by atoms with Gasteiger partial charge in [0.05, 0.1) is 0 Å². The van der Waals surface area contributed by atoms with Crippen molar-refractivity contribution in [1.29, 1.82) is 0 Å². The zero-order valence-electron chi connectivity index (χ0n) is 18.2. The van der Waals surface area contributed by atoms with Gasteiger partial charge in [-0.15, -0.1) is 0 Å². The molecule has 6 rings (SSSR count). The predicted octanol–water partition coefficient (Wildman–Crippen LogP) is 7.85. The topological polar surface area (TPSA) is 15.8 Å². The zero-order valence-corrected chi connectivity index (χ0v) is 18.2. The lowest BCUT2D eigenvalue weighted by Gasteiger charge is -2.28. The van der Waals surface area contributed by atoms with Gasteiger partial charge in [-0.05, 0) is 58.9 Å². The Hall–Kier alpha value is -3.32. The second-order valence-corrected chi connectivity index (χ2v) is 9.45. The summed E-state index contributed by atoms with van der Waals surface area (Å²) >= 11 is 0. The normalized spacial score (nSPS) is 22.6. The van der Waals surface area contributed by atoms with Gasteiger partial charge in [0.15, 0.2) is 0 Å². The Morgan fingerprint density at radius 1 is 0.839 bits per heavy atom. The van der Waals surface area contributed by atoms with Crippen LogP contribution in [0.15, 0.2) is 83.5 Å². The fourth-order valence-electron chi connectivity index (χ4n) is 5.54. The highest BCUT2D eigenvalue weighted by Gasteiger charge is 2.43. The van der Waals surface area contributed by atoms with Crippen LogP contribution in [-0.2, 0) is 0 Å². The molecular weight excluding hydrogens is 374 g/mol. The molecule has 1 aromatic carbocycles. The summed E-state index contributed by atoms with van der Waals surface area (Å²) in [6.45, 7) is 4.80. The molecule has 2 aromatic rings. The van der Waals surface area contributed by atoms with Crippen molar-refractivity contribution in [3.05, 3.63) is 112 Å². The first-order valence-electron chi connectivity index (χ1n) is 11.3. The van der Waals surface area contributed by atoms with E-state index in [0.717, 1.165) is 12.8 Å². The number of fused-ring (bicyclic) bond motifs is 5. The van der Waals surface area contributed by atoms with Crippen molar-refractivity contribution in [2.45, 2.75) is 26.7 Å². The fourth-order valence-corrected chi connectivity index (χ4v) is 5.54. The smallest absolute Gasteiger partial charge is 0.0461 e. The molecule has 152 valence electrons. The first-order chi connectivity index (χ1) is 15.1. The standard InChI is InChI=1S/C30H27N/c1-30(2)26-16-17-29-25(23-13-7-4-8-15-28(23)31-29)19-24(26)22-14-9-12-21(18-27(22)30)20-10-5-3-6-11-20/h3,5-11,13-19,26,31H,4,12H2,1-2H3. The fraction of sp³-hybridized carbons (Fsp3) is 0.200. The SMILES string of the molecule is CC1(C)C2=C(C=CCC(c3ccccc3)=C2)C2=Cc3c([nH]c4c3C=CCC=C4)C=CC21. The van der Waals surface area contributed by atoms with Crippen LogP contribution in [-0.4, -0.2) is 4.98 Å². The Morgan fingerprint density at radius 3 is 2.52 bits per heavy atom. The number of aromatic nitrogens is 1. The van der Waals surface area contributed by atoms with E-state index in [1.807, 2.05) is 0 Å². The highest BCUT2D eigenvalue weighted by Crippen LogP contribution is 2.55. The molecule has 4 aliphatic rings. The van der Waals surface area contributed by atoms with Crippen molar-refractivity contribution in [2.24, 2.45) is 11.3 Å². The molecule has 1 nitrogen and oxygen atoms in total. The summed E-state index contributed by atoms with van der Waals surface area (Å²) in [4.78, 5) is 3.65. The minimum absolute atomic E-state index is 0.0442. The van der Waals surface area contributed by atoms with Crippen LogP contribution in [0.3, 0.4) is 0 Å². The lowest BCUT2D eigenvalue weighted by molar-refractivity contribution is 0.395. The molecule has 1 heteroatoms. The molecule has 1 aromatic heterocycles. The maximum atomic E-state index is 3.65. The second kappa shape index (κ2) is 6.85. The summed E-state index contributed by atoms with van der Waals surface area (Å²) in [5.41, 5.74) is 12.1. The average molecular weight is 402 g/mol. The van der Waals surface area contributed by atoms with E-state index in [2.05, 4.69) is 110 Å². The van der Waals surface area contributed by atoms with E-state index in [1.165, 1.54) is 50.4 Å². The maximum Gasteiger partial charge on any atom is 0.0461 e. The largest absolute Gasteiger partial charge is 0.355 e. The molecule has 1 N–H and O–H groups in total. The number of H-pyrrole nitrogens is 1. The molecule has 0 amide bonds. The minimum Gasteiger partial charge on any atom is -0.355 e. The molecule has 0 spiro atoms. The first-order valence-corrected chi connectivity index (χ1v) is 11.3. The second-order valence-electron chi connectivity index (χ2n) is 9.45. The number of allylic oxidation sites excluding steroid dienone is 10. The monoisotopic (exact) mass is 401 g/mol. The third-order valence-corrected chi connectivity index (χ3v) is 7.23. The number of hydrogen-bond acceptors (Lipinski definition) is 0. The van der Waals surface area contributed by atoms with Crippen LogP contribution >= 0.6 is 0 Å². The third-order valence-electron chi connectivity index (χ3n) is 7.23. The number of nitrogens with one attached hydrogen (secondary N) is 1. The molecule has 0 fully saturated rings. The van der Waals surface area contributed by atoms with Crippen LogP contribution in [0.2, 0.25) is 0 Å². The number of rotatable bonds is 1. The molecule has 1 heterocycles. The molecular formula is C30H27N. The first kappa shape index (κ1) is 18.4. The van der Waals surface area contributed by atoms with E-state index in [0.29, 0.717) is 5.92 Å². The van der Waals surface area contributed by atoms with Crippen LogP contribution in [0.25, 0.3) is 29.9 Å². The molecule has 31 heavy (non-hydrogen) atoms. The quantitative estimate of drug-likeness (QED) is 0.501. The maximum absolute atomic E-state index is 3.65. The van der Waals surface area contributed by atoms with Crippen molar-refractivity contribution in [2.75, 3.05) is 0 Å². The van der Waals surface area contributed by atoms with E-state index >= 15 is 0 Å². The van der Waals surface area contributed by atoms with Crippen LogP contribution in [0.5, 0.6) is 0 Å². The van der Waals surface area contributed by atoms with Gasteiger partial charge in [0, 0.05) is 33.8 Å². The van der Waals surface area contributed by atoms with Gasteiger partial charge in [0.25, 0.3) is 0 Å². The summed E-state index contributed by atoms with van der Waals surface area (Å²) in [7, 11) is 0. The van der Waals surface area contributed by atoms with Crippen LogP contribution < -0.4 is 0 Å². The lowest BCUT2D eigenvalue weighted by Crippen LogP contribution is -2.20. The van der Waals surface area contributed by atoms with E-state index in [1.54, 1.807) is 0 Å². The van der Waals surface area contributed by atoms with E-state index in [9.17, 15) is 0 Å². The van der Waals surface area contributed by atoms with E-state index < -0.39 is 0 Å². The Morgan fingerprint density at radius 2 is 1.65 bits per heavy atom. The molecule has 0 saturated carbocycles. The van der Waals surface area contributed by atoms with Crippen molar-refractivity contribution in [3.8, 4) is 0 Å². The van der Waals surface area contributed by atoms with Gasteiger partial charge in [-0.2, -0.15) is 0 Å². The minimum atomic E-state index is 0.0442. The van der Waals surface area contributed by atoms with Crippen molar-refractivity contribution in [3.63, 3.8) is 0 Å². The number of aromatic amines is 1. The summed E-state index contributed by atoms with van der Waals surface area (Å²) in [6, 6.07) is 10.8. The molecule has 0 bridgehead atoms. The van der Waals surface area contributed by atoms with Gasteiger partial charge in [-0.25, -0.2) is 0 Å². The summed E-state index contributed by atoms with van der Waals surface area (Å²) in [5.74, 6) is 0.371. The Kier molecular flexibility index (Phi) is 4.08. The van der Waals surface area contributed by atoms with Gasteiger partial charge in [-0.1, -0.05) is 86.7 Å². The van der Waals surface area contributed by atoms with Gasteiger partial charge in [0.1, 0.15) is 0 Å². The van der Waals surface area contributed by atoms with Gasteiger partial charge in [-0.3, -0.25) is 0 Å². The van der Waals surface area contributed by atoms with Crippen LogP contribution in [0.1, 0.15) is 54.8 Å². The van der Waals surface area contributed by atoms with E-state index in [-0.39, 0.29) is 5.41 Å². The van der Waals surface area contributed by atoms with Crippen molar-refractivity contribution in [1.82, 2.24) is 4.98 Å².